The van der Waals surface area contributed by atoms with Gasteiger partial charge in [-0.05, 0) is 37.5 Å². The number of benzene rings is 1. The van der Waals surface area contributed by atoms with E-state index in [4.69, 9.17) is 28.3 Å². The largest absolute Gasteiger partial charge is 0.480 e. The smallest absolute Gasteiger partial charge is 0.326 e. The molecular formula is C15H16Cl2N2O4. The third-order valence-corrected chi connectivity index (χ3v) is 4.43. The van der Waals surface area contributed by atoms with Gasteiger partial charge in [-0.25, -0.2) is 4.79 Å². The number of rotatable bonds is 4. The van der Waals surface area contributed by atoms with Gasteiger partial charge < -0.3 is 15.3 Å². The van der Waals surface area contributed by atoms with Gasteiger partial charge in [-0.2, -0.15) is 0 Å². The average Bonchev–Trinajstić information content (AvgIpc) is 2.54. The third-order valence-electron chi connectivity index (χ3n) is 3.69. The minimum Gasteiger partial charge on any atom is -0.480 e. The highest BCUT2D eigenvalue weighted by Gasteiger charge is 2.31. The number of carbonyl (C=O) groups excluding carboxylic acids is 2. The topological polar surface area (TPSA) is 86.7 Å². The summed E-state index contributed by atoms with van der Waals surface area (Å²) in [5.41, 5.74) is 0.278. The lowest BCUT2D eigenvalue weighted by atomic mass is 10.0. The summed E-state index contributed by atoms with van der Waals surface area (Å²) < 4.78 is 0. The summed E-state index contributed by atoms with van der Waals surface area (Å²) in [6.07, 6.45) is 1.97. The molecule has 2 rings (SSSR count). The molecule has 1 saturated heterocycles. The second-order valence-corrected chi connectivity index (χ2v) is 6.06. The second-order valence-electron chi connectivity index (χ2n) is 5.25. The number of carboxylic acids is 1. The molecule has 8 heteroatoms. The number of amides is 2. The summed E-state index contributed by atoms with van der Waals surface area (Å²) in [7, 11) is 0. The monoisotopic (exact) mass is 358 g/mol. The Hall–Kier alpha value is -1.79. The fourth-order valence-electron chi connectivity index (χ4n) is 2.48. The van der Waals surface area contributed by atoms with E-state index in [0.717, 1.165) is 12.8 Å². The molecule has 1 heterocycles. The Balaban J connectivity index is 1.96. The van der Waals surface area contributed by atoms with Crippen LogP contribution in [0.2, 0.25) is 10.0 Å². The minimum atomic E-state index is -1.02. The molecule has 2 N–H and O–H groups in total. The fraction of sp³-hybridized carbons (Fsp3) is 0.400. The molecule has 1 aromatic carbocycles. The van der Waals surface area contributed by atoms with E-state index in [1.54, 1.807) is 0 Å². The molecule has 6 nitrogen and oxygen atoms in total. The van der Waals surface area contributed by atoms with Crippen molar-refractivity contribution in [3.8, 4) is 0 Å². The first-order valence-corrected chi connectivity index (χ1v) is 7.91. The molecule has 0 bridgehead atoms. The Morgan fingerprint density at radius 3 is 2.61 bits per heavy atom. The molecule has 23 heavy (non-hydrogen) atoms. The van der Waals surface area contributed by atoms with Gasteiger partial charge in [0.15, 0.2) is 0 Å². The predicted octanol–water partition coefficient (Wildman–Crippen LogP) is 2.19. The van der Waals surface area contributed by atoms with Crippen LogP contribution >= 0.6 is 23.2 Å². The molecule has 1 aliphatic heterocycles. The third kappa shape index (κ3) is 4.36. The lowest BCUT2D eigenvalue weighted by Gasteiger charge is -2.33. The molecule has 0 radical (unpaired) electrons. The number of nitrogens with one attached hydrogen (secondary N) is 1. The van der Waals surface area contributed by atoms with E-state index in [1.165, 1.54) is 23.1 Å². The highest BCUT2D eigenvalue weighted by molar-refractivity contribution is 6.42. The van der Waals surface area contributed by atoms with E-state index in [-0.39, 0.29) is 17.1 Å². The molecule has 0 aliphatic carbocycles. The van der Waals surface area contributed by atoms with E-state index < -0.39 is 23.8 Å². The van der Waals surface area contributed by atoms with Gasteiger partial charge >= 0.3 is 5.97 Å². The van der Waals surface area contributed by atoms with Gasteiger partial charge in [-0.15, -0.1) is 0 Å². The summed E-state index contributed by atoms with van der Waals surface area (Å²) in [6, 6.07) is 3.57. The number of carbonyl (C=O) groups is 3. The van der Waals surface area contributed by atoms with Crippen molar-refractivity contribution in [3.63, 3.8) is 0 Å². The Morgan fingerprint density at radius 1 is 1.22 bits per heavy atom. The number of hydrogen-bond donors (Lipinski definition) is 2. The van der Waals surface area contributed by atoms with Crippen molar-refractivity contribution in [3.05, 3.63) is 33.8 Å². The van der Waals surface area contributed by atoms with Gasteiger partial charge in [0.25, 0.3) is 5.91 Å². The van der Waals surface area contributed by atoms with Crippen molar-refractivity contribution >= 4 is 41.0 Å². The van der Waals surface area contributed by atoms with Crippen LogP contribution in [0.4, 0.5) is 0 Å². The second kappa shape index (κ2) is 7.66. The number of likely N-dealkylation sites (tertiary alicyclic amines) is 1. The summed E-state index contributed by atoms with van der Waals surface area (Å²) in [4.78, 5) is 36.7. The lowest BCUT2D eigenvalue weighted by molar-refractivity contribution is -0.151. The van der Waals surface area contributed by atoms with E-state index in [0.29, 0.717) is 18.0 Å². The number of piperidine rings is 1. The van der Waals surface area contributed by atoms with E-state index >= 15 is 0 Å². The van der Waals surface area contributed by atoms with Crippen molar-refractivity contribution in [1.29, 1.82) is 0 Å². The van der Waals surface area contributed by atoms with E-state index in [1.807, 2.05) is 0 Å². The molecule has 0 spiro atoms. The van der Waals surface area contributed by atoms with Crippen molar-refractivity contribution in [2.45, 2.75) is 25.3 Å². The van der Waals surface area contributed by atoms with Crippen LogP contribution in [-0.4, -0.2) is 46.9 Å². The van der Waals surface area contributed by atoms with E-state index in [9.17, 15) is 14.4 Å². The van der Waals surface area contributed by atoms with Crippen molar-refractivity contribution < 1.29 is 19.5 Å². The maximum atomic E-state index is 12.2. The number of aliphatic carboxylic acids is 1. The predicted molar refractivity (Wildman–Crippen MR) is 85.8 cm³/mol. The van der Waals surface area contributed by atoms with Crippen molar-refractivity contribution in [2.75, 3.05) is 13.1 Å². The zero-order valence-corrected chi connectivity index (χ0v) is 13.7. The average molecular weight is 359 g/mol. The number of carboxylic acid groups (broad SMARTS) is 1. The highest BCUT2D eigenvalue weighted by Crippen LogP contribution is 2.22. The van der Waals surface area contributed by atoms with Crippen LogP contribution in [0.25, 0.3) is 0 Å². The van der Waals surface area contributed by atoms with Crippen LogP contribution in [0.5, 0.6) is 0 Å². The highest BCUT2D eigenvalue weighted by atomic mass is 35.5. The molecule has 1 atom stereocenters. The van der Waals surface area contributed by atoms with Crippen molar-refractivity contribution in [2.24, 2.45) is 0 Å². The molecule has 1 aliphatic rings. The van der Waals surface area contributed by atoms with Gasteiger partial charge in [0.2, 0.25) is 5.91 Å². The normalized spacial score (nSPS) is 17.7. The van der Waals surface area contributed by atoms with Crippen molar-refractivity contribution in [1.82, 2.24) is 10.2 Å². The first kappa shape index (κ1) is 17.6. The van der Waals surface area contributed by atoms with Crippen LogP contribution < -0.4 is 5.32 Å². The standard InChI is InChI=1S/C15H16Cl2N2O4/c16-10-5-4-9(7-11(10)17)14(21)18-8-13(20)19-6-2-1-3-12(19)15(22)23/h4-5,7,12H,1-3,6,8H2,(H,18,21)(H,22,23)/t12-/m1/s1. The Bertz CT molecular complexity index is 636. The van der Waals surface area contributed by atoms with Gasteiger partial charge in [-0.3, -0.25) is 9.59 Å². The lowest BCUT2D eigenvalue weighted by Crippen LogP contribution is -2.51. The Labute approximate surface area is 143 Å². The molecule has 1 aromatic rings. The van der Waals surface area contributed by atoms with Gasteiger partial charge in [0.05, 0.1) is 16.6 Å². The van der Waals surface area contributed by atoms with Gasteiger partial charge in [0.1, 0.15) is 6.04 Å². The Kier molecular flexibility index (Phi) is 5.85. The van der Waals surface area contributed by atoms with Gasteiger partial charge in [-0.1, -0.05) is 23.2 Å². The molecular weight excluding hydrogens is 343 g/mol. The molecule has 2 amide bonds. The maximum absolute atomic E-state index is 12.2. The van der Waals surface area contributed by atoms with Gasteiger partial charge in [0, 0.05) is 12.1 Å². The molecule has 0 unspecified atom stereocenters. The van der Waals surface area contributed by atoms with Crippen LogP contribution in [0, 0.1) is 0 Å². The fourth-order valence-corrected chi connectivity index (χ4v) is 2.78. The number of hydrogen-bond acceptors (Lipinski definition) is 3. The summed E-state index contributed by atoms with van der Waals surface area (Å²) >= 11 is 11.6. The van der Waals surface area contributed by atoms with E-state index in [2.05, 4.69) is 5.32 Å². The maximum Gasteiger partial charge on any atom is 0.326 e. The zero-order valence-electron chi connectivity index (χ0n) is 12.2. The summed E-state index contributed by atoms with van der Waals surface area (Å²) in [5, 5.41) is 12.2. The first-order valence-electron chi connectivity index (χ1n) is 7.15. The number of nitrogens with zero attached hydrogens (tertiary/aromatic N) is 1. The number of halogens is 2. The SMILES string of the molecule is O=C(NCC(=O)N1CCCC[C@@H]1C(=O)O)c1ccc(Cl)c(Cl)c1. The summed E-state index contributed by atoms with van der Waals surface area (Å²) in [6.45, 7) is 0.126. The first-order chi connectivity index (χ1) is 10.9. The van der Waals surface area contributed by atoms with Crippen LogP contribution in [-0.2, 0) is 9.59 Å². The van der Waals surface area contributed by atoms with Crippen LogP contribution in [0.15, 0.2) is 18.2 Å². The Morgan fingerprint density at radius 2 is 1.96 bits per heavy atom. The molecule has 0 aromatic heterocycles. The quantitative estimate of drug-likeness (QED) is 0.863. The van der Waals surface area contributed by atoms with Crippen LogP contribution in [0.3, 0.4) is 0 Å². The molecule has 124 valence electrons. The molecule has 1 fully saturated rings. The summed E-state index contributed by atoms with van der Waals surface area (Å²) in [5.74, 6) is -1.90. The zero-order chi connectivity index (χ0) is 17.0. The minimum absolute atomic E-state index is 0.243. The molecule has 0 saturated carbocycles. The van der Waals surface area contributed by atoms with Crippen LogP contribution in [0.1, 0.15) is 29.6 Å².